The summed E-state index contributed by atoms with van der Waals surface area (Å²) in [6, 6.07) is 25.6. The molecule has 0 unspecified atom stereocenters. The van der Waals surface area contributed by atoms with Gasteiger partial charge in [-0.05, 0) is 36.4 Å². The summed E-state index contributed by atoms with van der Waals surface area (Å²) in [6.07, 6.45) is 0. The van der Waals surface area contributed by atoms with Gasteiger partial charge in [-0.1, -0.05) is 48.2 Å². The normalized spacial score (nSPS) is 11.2. The highest BCUT2D eigenvalue weighted by Gasteiger charge is 2.05. The Morgan fingerprint density at radius 1 is 0.600 bits per heavy atom. The molecule has 0 bridgehead atoms. The molecule has 4 aromatic rings. The van der Waals surface area contributed by atoms with Crippen LogP contribution in [0.4, 0.5) is 0 Å². The van der Waals surface area contributed by atoms with Gasteiger partial charge >= 0.3 is 0 Å². The number of aromatic nitrogens is 1. The van der Waals surface area contributed by atoms with Gasteiger partial charge in [0.15, 0.2) is 0 Å². The number of benzene rings is 3. The van der Waals surface area contributed by atoms with Crippen LogP contribution < -0.4 is 0 Å². The van der Waals surface area contributed by atoms with Crippen LogP contribution in [-0.4, -0.2) is 4.98 Å². The van der Waals surface area contributed by atoms with Gasteiger partial charge in [-0.15, -0.1) is 0 Å². The third-order valence-electron chi connectivity index (χ3n) is 3.46. The quantitative estimate of drug-likeness (QED) is 0.512. The lowest BCUT2D eigenvalue weighted by Gasteiger charge is -2.01. The van der Waals surface area contributed by atoms with Crippen LogP contribution in [0.25, 0.3) is 21.8 Å². The maximum atomic E-state index is 3.46. The molecule has 0 atom stereocenters. The van der Waals surface area contributed by atoms with Crippen molar-refractivity contribution in [2.75, 3.05) is 0 Å². The minimum Gasteiger partial charge on any atom is -0.355 e. The third-order valence-corrected chi connectivity index (χ3v) is 4.45. The molecule has 0 aliphatic rings. The van der Waals surface area contributed by atoms with E-state index in [1.54, 1.807) is 11.8 Å². The Hall–Kier alpha value is -2.19. The molecule has 3 aromatic carbocycles. The highest BCUT2D eigenvalue weighted by atomic mass is 32.2. The number of rotatable bonds is 2. The van der Waals surface area contributed by atoms with Gasteiger partial charge < -0.3 is 4.98 Å². The molecule has 0 spiro atoms. The lowest BCUT2D eigenvalue weighted by molar-refractivity contribution is 1.42. The van der Waals surface area contributed by atoms with Gasteiger partial charge in [-0.2, -0.15) is 0 Å². The lowest BCUT2D eigenvalue weighted by Crippen LogP contribution is -1.74. The number of nitrogens with one attached hydrogen (secondary N) is 1. The van der Waals surface area contributed by atoms with Crippen molar-refractivity contribution in [3.8, 4) is 0 Å². The number of para-hydroxylation sites is 1. The van der Waals surface area contributed by atoms with Crippen molar-refractivity contribution in [1.29, 1.82) is 0 Å². The van der Waals surface area contributed by atoms with Crippen LogP contribution in [0.2, 0.25) is 0 Å². The fraction of sp³-hybridized carbons (Fsp3) is 0. The average Bonchev–Trinajstić information content (AvgIpc) is 2.86. The van der Waals surface area contributed by atoms with Crippen molar-refractivity contribution in [2.45, 2.75) is 9.79 Å². The molecular formula is C18H13NS. The first-order valence-electron chi connectivity index (χ1n) is 6.63. The Kier molecular flexibility index (Phi) is 2.75. The van der Waals surface area contributed by atoms with E-state index in [2.05, 4.69) is 71.7 Å². The monoisotopic (exact) mass is 275 g/mol. The van der Waals surface area contributed by atoms with Crippen LogP contribution in [-0.2, 0) is 0 Å². The molecule has 0 saturated carbocycles. The molecule has 1 heterocycles. The SMILES string of the molecule is c1ccc(Sc2ccc3[nH]c4ccccc4c3c2)cc1. The summed E-state index contributed by atoms with van der Waals surface area (Å²) in [7, 11) is 0. The Morgan fingerprint density at radius 3 is 2.25 bits per heavy atom. The van der Waals surface area contributed by atoms with E-state index >= 15 is 0 Å². The van der Waals surface area contributed by atoms with Crippen molar-refractivity contribution < 1.29 is 0 Å². The highest BCUT2D eigenvalue weighted by Crippen LogP contribution is 2.32. The second kappa shape index (κ2) is 4.73. The Labute approximate surface area is 121 Å². The van der Waals surface area contributed by atoms with E-state index in [1.807, 2.05) is 6.07 Å². The molecule has 2 heteroatoms. The Balaban J connectivity index is 1.83. The van der Waals surface area contributed by atoms with Gasteiger partial charge in [0.2, 0.25) is 0 Å². The first kappa shape index (κ1) is 11.6. The van der Waals surface area contributed by atoms with Crippen LogP contribution >= 0.6 is 11.8 Å². The standard InChI is InChI=1S/C18H13NS/c1-2-6-13(7-3-1)20-14-10-11-18-16(12-14)15-8-4-5-9-17(15)19-18/h1-12,19H. The van der Waals surface area contributed by atoms with Crippen LogP contribution in [0.15, 0.2) is 82.6 Å². The van der Waals surface area contributed by atoms with Crippen molar-refractivity contribution >= 4 is 33.6 Å². The third kappa shape index (κ3) is 1.98. The van der Waals surface area contributed by atoms with E-state index in [4.69, 9.17) is 0 Å². The second-order valence-electron chi connectivity index (χ2n) is 4.79. The van der Waals surface area contributed by atoms with Crippen LogP contribution in [0.3, 0.4) is 0 Å². The fourth-order valence-corrected chi connectivity index (χ4v) is 3.39. The highest BCUT2D eigenvalue weighted by molar-refractivity contribution is 7.99. The number of aromatic amines is 1. The second-order valence-corrected chi connectivity index (χ2v) is 5.94. The zero-order chi connectivity index (χ0) is 13.4. The van der Waals surface area contributed by atoms with E-state index in [-0.39, 0.29) is 0 Å². The molecule has 0 amide bonds. The topological polar surface area (TPSA) is 15.8 Å². The number of hydrogen-bond donors (Lipinski definition) is 1. The molecule has 0 radical (unpaired) electrons. The van der Waals surface area contributed by atoms with Crippen molar-refractivity contribution in [3.63, 3.8) is 0 Å². The number of hydrogen-bond acceptors (Lipinski definition) is 1. The van der Waals surface area contributed by atoms with Gasteiger partial charge in [0.25, 0.3) is 0 Å². The molecule has 0 aliphatic carbocycles. The first-order chi connectivity index (χ1) is 9.90. The van der Waals surface area contributed by atoms with Gasteiger partial charge in [0.05, 0.1) is 0 Å². The van der Waals surface area contributed by atoms with E-state index < -0.39 is 0 Å². The predicted octanol–water partition coefficient (Wildman–Crippen LogP) is 5.47. The maximum Gasteiger partial charge on any atom is 0.0465 e. The molecule has 1 nitrogen and oxygen atoms in total. The smallest absolute Gasteiger partial charge is 0.0465 e. The van der Waals surface area contributed by atoms with E-state index in [9.17, 15) is 0 Å². The van der Waals surface area contributed by atoms with Crippen molar-refractivity contribution in [2.24, 2.45) is 0 Å². The minimum absolute atomic E-state index is 1.20. The fourth-order valence-electron chi connectivity index (χ4n) is 2.52. The molecule has 0 fully saturated rings. The van der Waals surface area contributed by atoms with Crippen LogP contribution in [0, 0.1) is 0 Å². The zero-order valence-corrected chi connectivity index (χ0v) is 11.7. The zero-order valence-electron chi connectivity index (χ0n) is 10.8. The molecule has 1 N–H and O–H groups in total. The molecule has 4 rings (SSSR count). The largest absolute Gasteiger partial charge is 0.355 e. The van der Waals surface area contributed by atoms with E-state index in [1.165, 1.54) is 31.6 Å². The molecule has 20 heavy (non-hydrogen) atoms. The summed E-state index contributed by atoms with van der Waals surface area (Å²) >= 11 is 1.80. The number of fused-ring (bicyclic) bond motifs is 3. The van der Waals surface area contributed by atoms with Gasteiger partial charge in [-0.3, -0.25) is 0 Å². The summed E-state index contributed by atoms with van der Waals surface area (Å²) in [5.41, 5.74) is 2.40. The Morgan fingerprint density at radius 2 is 1.35 bits per heavy atom. The van der Waals surface area contributed by atoms with Gasteiger partial charge in [0, 0.05) is 31.6 Å². The molecule has 0 saturated heterocycles. The van der Waals surface area contributed by atoms with Crippen LogP contribution in [0.1, 0.15) is 0 Å². The lowest BCUT2D eigenvalue weighted by atomic mass is 10.1. The van der Waals surface area contributed by atoms with Crippen LogP contribution in [0.5, 0.6) is 0 Å². The summed E-state index contributed by atoms with van der Waals surface area (Å²) in [6.45, 7) is 0. The molecular weight excluding hydrogens is 262 g/mol. The summed E-state index contributed by atoms with van der Waals surface area (Å²) in [5, 5.41) is 2.58. The van der Waals surface area contributed by atoms with E-state index in [0.717, 1.165) is 0 Å². The Bertz CT molecular complexity index is 878. The predicted molar refractivity (Wildman–Crippen MR) is 86.4 cm³/mol. The average molecular weight is 275 g/mol. The number of H-pyrrole nitrogens is 1. The first-order valence-corrected chi connectivity index (χ1v) is 7.45. The summed E-state index contributed by atoms with van der Waals surface area (Å²) < 4.78 is 0. The van der Waals surface area contributed by atoms with Gasteiger partial charge in [0.1, 0.15) is 0 Å². The minimum atomic E-state index is 1.20. The molecule has 1 aromatic heterocycles. The van der Waals surface area contributed by atoms with Crippen molar-refractivity contribution in [1.82, 2.24) is 4.98 Å². The van der Waals surface area contributed by atoms with E-state index in [0.29, 0.717) is 0 Å². The molecule has 96 valence electrons. The maximum absolute atomic E-state index is 3.46. The van der Waals surface area contributed by atoms with Crippen molar-refractivity contribution in [3.05, 3.63) is 72.8 Å². The summed E-state index contributed by atoms with van der Waals surface area (Å²) in [4.78, 5) is 6.00. The summed E-state index contributed by atoms with van der Waals surface area (Å²) in [5.74, 6) is 0. The van der Waals surface area contributed by atoms with Gasteiger partial charge in [-0.25, -0.2) is 0 Å². The molecule has 0 aliphatic heterocycles.